The molecule has 4 saturated carbocycles. The third-order valence-corrected chi connectivity index (χ3v) is 8.97. The molecule has 0 radical (unpaired) electrons. The third-order valence-electron chi connectivity index (χ3n) is 8.97. The molecule has 1 heterocycles. The normalized spacial score (nSPS) is 25.9. The standard InChI is InChI=1S/C31H38N4O2/c1-2-10-33-34-30(37)25-5-3-21(4-6-25)19-35-11-9-26-15-27(7-8-28(26)35)29(36)32-20-31-16-22-12-23(17-31)14-24(13-22)18-31/h3-9,11,15,22-24,33H,2,10,12-14,16-20H2,1H3,(H,32,36)(H,34,37). The van der Waals surface area contributed by atoms with Crippen LogP contribution in [0.25, 0.3) is 10.9 Å². The summed E-state index contributed by atoms with van der Waals surface area (Å²) in [6.45, 7) is 4.34. The number of carbonyl (C=O) groups excluding carboxylic acids is 2. The van der Waals surface area contributed by atoms with E-state index < -0.39 is 0 Å². The van der Waals surface area contributed by atoms with Crippen LogP contribution in [0.3, 0.4) is 0 Å². The zero-order valence-corrected chi connectivity index (χ0v) is 21.8. The van der Waals surface area contributed by atoms with Crippen LogP contribution in [0.5, 0.6) is 0 Å². The summed E-state index contributed by atoms with van der Waals surface area (Å²) in [5, 5.41) is 4.38. The molecule has 7 rings (SSSR count). The van der Waals surface area contributed by atoms with Gasteiger partial charge >= 0.3 is 0 Å². The van der Waals surface area contributed by atoms with Crippen LogP contribution in [0.2, 0.25) is 0 Å². The molecule has 4 bridgehead atoms. The fraction of sp³-hybridized carbons (Fsp3) is 0.484. The molecule has 37 heavy (non-hydrogen) atoms. The monoisotopic (exact) mass is 498 g/mol. The topological polar surface area (TPSA) is 75.2 Å². The first-order valence-electron chi connectivity index (χ1n) is 14.0. The van der Waals surface area contributed by atoms with Gasteiger partial charge in [0, 0.05) is 47.9 Å². The van der Waals surface area contributed by atoms with Gasteiger partial charge in [0.2, 0.25) is 0 Å². The van der Waals surface area contributed by atoms with E-state index in [1.165, 1.54) is 38.5 Å². The Bertz CT molecular complexity index is 1260. The van der Waals surface area contributed by atoms with Gasteiger partial charge in [0.05, 0.1) is 0 Å². The van der Waals surface area contributed by atoms with Crippen LogP contribution in [0.15, 0.2) is 54.7 Å². The summed E-state index contributed by atoms with van der Waals surface area (Å²) in [7, 11) is 0. The number of rotatable bonds is 9. The van der Waals surface area contributed by atoms with E-state index in [0.717, 1.165) is 59.3 Å². The second-order valence-corrected chi connectivity index (χ2v) is 11.9. The number of nitrogens with one attached hydrogen (secondary N) is 3. The molecular weight excluding hydrogens is 460 g/mol. The van der Waals surface area contributed by atoms with E-state index in [0.29, 0.717) is 17.5 Å². The van der Waals surface area contributed by atoms with Crippen LogP contribution in [0.4, 0.5) is 0 Å². The van der Waals surface area contributed by atoms with Gasteiger partial charge in [0.15, 0.2) is 0 Å². The Balaban J connectivity index is 1.08. The second-order valence-electron chi connectivity index (χ2n) is 11.9. The molecule has 3 aromatic rings. The van der Waals surface area contributed by atoms with Gasteiger partial charge < -0.3 is 9.88 Å². The molecule has 194 valence electrons. The highest BCUT2D eigenvalue weighted by molar-refractivity contribution is 5.98. The zero-order chi connectivity index (χ0) is 25.4. The fourth-order valence-corrected chi connectivity index (χ4v) is 7.65. The molecule has 4 fully saturated rings. The average molecular weight is 499 g/mol. The van der Waals surface area contributed by atoms with E-state index in [-0.39, 0.29) is 11.8 Å². The molecular formula is C31H38N4O2. The van der Waals surface area contributed by atoms with E-state index in [2.05, 4.69) is 46.0 Å². The van der Waals surface area contributed by atoms with Gasteiger partial charge in [-0.15, -0.1) is 0 Å². The number of hydrogen-bond donors (Lipinski definition) is 3. The Hall–Kier alpha value is -3.12. The lowest BCUT2D eigenvalue weighted by Gasteiger charge is -2.56. The highest BCUT2D eigenvalue weighted by Gasteiger charge is 2.50. The molecule has 1 aromatic heterocycles. The van der Waals surface area contributed by atoms with Gasteiger partial charge in [-0.25, -0.2) is 5.43 Å². The molecule has 4 aliphatic rings. The van der Waals surface area contributed by atoms with Crippen LogP contribution in [0.1, 0.15) is 78.1 Å². The SMILES string of the molecule is CCCNNC(=O)c1ccc(Cn2ccc3cc(C(=O)NCC45CC6CC(CC(C6)C4)C5)ccc32)cc1. The minimum absolute atomic E-state index is 0.0488. The molecule has 0 spiro atoms. The van der Waals surface area contributed by atoms with E-state index in [1.54, 1.807) is 0 Å². The first kappa shape index (κ1) is 24.2. The number of hydrogen-bond acceptors (Lipinski definition) is 3. The van der Waals surface area contributed by atoms with Gasteiger partial charge in [0.25, 0.3) is 11.8 Å². The van der Waals surface area contributed by atoms with Crippen molar-refractivity contribution in [3.05, 3.63) is 71.4 Å². The van der Waals surface area contributed by atoms with Gasteiger partial charge in [-0.05, 0) is 110 Å². The summed E-state index contributed by atoms with van der Waals surface area (Å²) in [5.74, 6) is 2.62. The predicted octanol–water partition coefficient (Wildman–Crippen LogP) is 5.28. The Morgan fingerprint density at radius 2 is 1.57 bits per heavy atom. The molecule has 3 N–H and O–H groups in total. The van der Waals surface area contributed by atoms with Crippen LogP contribution in [0, 0.1) is 23.2 Å². The van der Waals surface area contributed by atoms with Crippen molar-refractivity contribution in [1.82, 2.24) is 20.7 Å². The first-order valence-corrected chi connectivity index (χ1v) is 14.0. The summed E-state index contributed by atoms with van der Waals surface area (Å²) in [5.41, 5.74) is 9.58. The lowest BCUT2D eigenvalue weighted by Crippen LogP contribution is -2.51. The highest BCUT2D eigenvalue weighted by Crippen LogP contribution is 2.59. The Kier molecular flexibility index (Phi) is 6.53. The maximum Gasteiger partial charge on any atom is 0.265 e. The first-order chi connectivity index (χ1) is 18.0. The average Bonchev–Trinajstić information content (AvgIpc) is 3.29. The van der Waals surface area contributed by atoms with Gasteiger partial charge in [-0.2, -0.15) is 0 Å². The Morgan fingerprint density at radius 3 is 2.24 bits per heavy atom. The molecule has 0 atom stereocenters. The lowest BCUT2D eigenvalue weighted by molar-refractivity contribution is -0.0503. The van der Waals surface area contributed by atoms with Gasteiger partial charge in [-0.3, -0.25) is 15.0 Å². The number of amides is 2. The maximum atomic E-state index is 13.1. The van der Waals surface area contributed by atoms with E-state index in [4.69, 9.17) is 0 Å². The number of fused-ring (bicyclic) bond motifs is 1. The molecule has 6 nitrogen and oxygen atoms in total. The lowest BCUT2D eigenvalue weighted by atomic mass is 9.49. The fourth-order valence-electron chi connectivity index (χ4n) is 7.65. The summed E-state index contributed by atoms with van der Waals surface area (Å²) >= 11 is 0. The molecule has 2 amide bonds. The van der Waals surface area contributed by atoms with Crippen molar-refractivity contribution < 1.29 is 9.59 Å². The molecule has 0 aliphatic heterocycles. The summed E-state index contributed by atoms with van der Waals surface area (Å²) in [6, 6.07) is 15.8. The van der Waals surface area contributed by atoms with Gasteiger partial charge in [0.1, 0.15) is 0 Å². The minimum atomic E-state index is -0.125. The Morgan fingerprint density at radius 1 is 0.892 bits per heavy atom. The largest absolute Gasteiger partial charge is 0.351 e. The molecule has 4 aliphatic carbocycles. The van der Waals surface area contributed by atoms with Crippen molar-refractivity contribution in [2.45, 2.75) is 58.4 Å². The summed E-state index contributed by atoms with van der Waals surface area (Å²) in [6.07, 6.45) is 11.2. The Labute approximate surface area is 219 Å². The highest BCUT2D eigenvalue weighted by atomic mass is 16.2. The van der Waals surface area contributed by atoms with Crippen molar-refractivity contribution in [2.24, 2.45) is 23.2 Å². The van der Waals surface area contributed by atoms with Crippen molar-refractivity contribution in [1.29, 1.82) is 0 Å². The number of nitrogens with zero attached hydrogens (tertiary/aromatic N) is 1. The quantitative estimate of drug-likeness (QED) is 0.278. The number of benzene rings is 2. The van der Waals surface area contributed by atoms with Crippen molar-refractivity contribution in [3.63, 3.8) is 0 Å². The van der Waals surface area contributed by atoms with Gasteiger partial charge in [-0.1, -0.05) is 19.1 Å². The summed E-state index contributed by atoms with van der Waals surface area (Å²) < 4.78 is 2.18. The van der Waals surface area contributed by atoms with Crippen LogP contribution >= 0.6 is 0 Å². The maximum absolute atomic E-state index is 13.1. The third kappa shape index (κ3) is 5.04. The van der Waals surface area contributed by atoms with Crippen LogP contribution in [-0.4, -0.2) is 29.5 Å². The predicted molar refractivity (Wildman–Crippen MR) is 146 cm³/mol. The van der Waals surface area contributed by atoms with E-state index >= 15 is 0 Å². The van der Waals surface area contributed by atoms with E-state index in [1.807, 2.05) is 36.4 Å². The number of hydrazine groups is 1. The van der Waals surface area contributed by atoms with E-state index in [9.17, 15) is 9.59 Å². The minimum Gasteiger partial charge on any atom is -0.351 e. The second kappa shape index (κ2) is 9.97. The van der Waals surface area contributed by atoms with Crippen LogP contribution < -0.4 is 16.2 Å². The summed E-state index contributed by atoms with van der Waals surface area (Å²) in [4.78, 5) is 25.3. The number of carbonyl (C=O) groups is 2. The molecule has 2 aromatic carbocycles. The van der Waals surface area contributed by atoms with Crippen molar-refractivity contribution in [3.8, 4) is 0 Å². The smallest absolute Gasteiger partial charge is 0.265 e. The van der Waals surface area contributed by atoms with Crippen molar-refractivity contribution >= 4 is 22.7 Å². The van der Waals surface area contributed by atoms with Crippen molar-refractivity contribution in [2.75, 3.05) is 13.1 Å². The zero-order valence-electron chi connectivity index (χ0n) is 21.8. The molecule has 6 heteroatoms. The molecule has 0 unspecified atom stereocenters. The van der Waals surface area contributed by atoms with Crippen LogP contribution in [-0.2, 0) is 6.54 Å². The number of aromatic nitrogens is 1. The molecule has 0 saturated heterocycles.